The molecule has 0 atom stereocenters. The normalized spacial score (nSPS) is 15.8. The van der Waals surface area contributed by atoms with Crippen LogP contribution in [0.4, 0.5) is 5.69 Å². The summed E-state index contributed by atoms with van der Waals surface area (Å²) in [6, 6.07) is 9.40. The average molecular weight is 524 g/mol. The molecule has 1 aliphatic heterocycles. The number of rotatable bonds is 2. The van der Waals surface area contributed by atoms with E-state index in [1.165, 1.54) is 18.4 Å². The second-order valence-corrected chi connectivity index (χ2v) is 8.33. The molecule has 1 fully saturated rings. The zero-order chi connectivity index (χ0) is 21.6. The molecule has 0 spiro atoms. The van der Waals surface area contributed by atoms with Gasteiger partial charge in [0.15, 0.2) is 16.1 Å². The Hall–Kier alpha value is -2.52. The Bertz CT molecular complexity index is 1340. The van der Waals surface area contributed by atoms with Gasteiger partial charge in [0.25, 0.3) is 11.8 Å². The van der Waals surface area contributed by atoms with Crippen molar-refractivity contribution in [1.82, 2.24) is 5.32 Å². The first kappa shape index (κ1) is 20.7. The number of hydrogen-bond acceptors (Lipinski definition) is 5. The lowest BCUT2D eigenvalue weighted by Crippen LogP contribution is -2.54. The van der Waals surface area contributed by atoms with Crippen molar-refractivity contribution in [3.63, 3.8) is 0 Å². The predicted molar refractivity (Wildman–Crippen MR) is 123 cm³/mol. The van der Waals surface area contributed by atoms with E-state index in [-0.39, 0.29) is 21.6 Å². The molecule has 1 N–H and O–H groups in total. The zero-order valence-corrected chi connectivity index (χ0v) is 18.7. The monoisotopic (exact) mass is 522 g/mol. The van der Waals surface area contributed by atoms with Crippen LogP contribution in [-0.4, -0.2) is 16.9 Å². The third kappa shape index (κ3) is 3.67. The quantitative estimate of drug-likeness (QED) is 0.299. The van der Waals surface area contributed by atoms with Crippen molar-refractivity contribution in [3.05, 3.63) is 78.5 Å². The first-order chi connectivity index (χ1) is 14.3. The van der Waals surface area contributed by atoms with Crippen molar-refractivity contribution in [2.75, 3.05) is 4.90 Å². The largest absolute Gasteiger partial charge is 0.462 e. The Morgan fingerprint density at radius 3 is 2.47 bits per heavy atom. The summed E-state index contributed by atoms with van der Waals surface area (Å²) in [6.45, 7) is 0. The van der Waals surface area contributed by atoms with Crippen LogP contribution >= 0.6 is 51.3 Å². The van der Waals surface area contributed by atoms with Gasteiger partial charge in [0.05, 0.1) is 21.1 Å². The Labute approximate surface area is 193 Å². The van der Waals surface area contributed by atoms with E-state index in [0.717, 1.165) is 4.90 Å². The molecule has 2 aromatic carbocycles. The molecule has 0 unspecified atom stereocenters. The summed E-state index contributed by atoms with van der Waals surface area (Å²) in [6.07, 6.45) is 2.35. The van der Waals surface area contributed by atoms with Crippen molar-refractivity contribution in [2.45, 2.75) is 0 Å². The summed E-state index contributed by atoms with van der Waals surface area (Å²) in [5, 5.41) is 3.39. The number of anilines is 1. The summed E-state index contributed by atoms with van der Waals surface area (Å²) < 4.78 is 6.03. The summed E-state index contributed by atoms with van der Waals surface area (Å²) in [4.78, 5) is 39.5. The summed E-state index contributed by atoms with van der Waals surface area (Å²) in [5.41, 5.74) is 0.0144. The SMILES string of the molecule is O=C1NC(=S)N(c2ccc(Cl)cc2)C(=O)C1=Cc1coc2c(Br)cc(Cl)cc2c1=O. The highest BCUT2D eigenvalue weighted by Gasteiger charge is 2.34. The highest BCUT2D eigenvalue weighted by atomic mass is 79.9. The van der Waals surface area contributed by atoms with Crippen molar-refractivity contribution in [3.8, 4) is 0 Å². The molecule has 150 valence electrons. The molecule has 2 heterocycles. The van der Waals surface area contributed by atoms with E-state index in [2.05, 4.69) is 21.2 Å². The van der Waals surface area contributed by atoms with Crippen LogP contribution in [0.15, 0.2) is 61.9 Å². The molecule has 4 rings (SSSR count). The van der Waals surface area contributed by atoms with Gasteiger partial charge >= 0.3 is 0 Å². The number of thiocarbonyl (C=S) groups is 1. The minimum atomic E-state index is -0.720. The van der Waals surface area contributed by atoms with E-state index in [9.17, 15) is 14.4 Å². The third-order valence-electron chi connectivity index (χ3n) is 4.31. The molecule has 0 radical (unpaired) electrons. The maximum atomic E-state index is 13.0. The zero-order valence-electron chi connectivity index (χ0n) is 14.7. The van der Waals surface area contributed by atoms with Gasteiger partial charge in [-0.15, -0.1) is 0 Å². The van der Waals surface area contributed by atoms with Crippen LogP contribution in [0.25, 0.3) is 17.0 Å². The van der Waals surface area contributed by atoms with E-state index < -0.39 is 17.2 Å². The number of carbonyl (C=O) groups excluding carboxylic acids is 2. The maximum absolute atomic E-state index is 13.0. The maximum Gasteiger partial charge on any atom is 0.270 e. The lowest BCUT2D eigenvalue weighted by atomic mass is 10.1. The van der Waals surface area contributed by atoms with Crippen LogP contribution in [0.3, 0.4) is 0 Å². The number of nitrogens with zero attached hydrogens (tertiary/aromatic N) is 1. The number of halogens is 3. The second-order valence-electron chi connectivity index (χ2n) is 6.22. The van der Waals surface area contributed by atoms with Gasteiger partial charge in [-0.3, -0.25) is 24.6 Å². The smallest absolute Gasteiger partial charge is 0.270 e. The molecule has 0 bridgehead atoms. The van der Waals surface area contributed by atoms with E-state index in [4.69, 9.17) is 39.8 Å². The summed E-state index contributed by atoms with van der Waals surface area (Å²) >= 11 is 20.4. The Morgan fingerprint density at radius 1 is 1.07 bits per heavy atom. The van der Waals surface area contributed by atoms with Crippen molar-refractivity contribution in [2.24, 2.45) is 0 Å². The number of hydrogen-bond donors (Lipinski definition) is 1. The molecule has 0 saturated carbocycles. The van der Waals surface area contributed by atoms with Gasteiger partial charge in [-0.05, 0) is 70.6 Å². The fourth-order valence-corrected chi connectivity index (χ4v) is 4.23. The molecule has 30 heavy (non-hydrogen) atoms. The molecule has 1 aliphatic rings. The first-order valence-electron chi connectivity index (χ1n) is 8.34. The molecular weight excluding hydrogens is 515 g/mol. The predicted octanol–water partition coefficient (Wildman–Crippen LogP) is 4.69. The van der Waals surface area contributed by atoms with Gasteiger partial charge in [0.1, 0.15) is 11.8 Å². The van der Waals surface area contributed by atoms with Crippen LogP contribution in [0.1, 0.15) is 5.56 Å². The average Bonchev–Trinajstić information content (AvgIpc) is 2.68. The van der Waals surface area contributed by atoms with E-state index in [1.54, 1.807) is 30.3 Å². The highest BCUT2D eigenvalue weighted by Crippen LogP contribution is 2.28. The Balaban J connectivity index is 1.82. The van der Waals surface area contributed by atoms with Gasteiger partial charge in [0, 0.05) is 10.0 Å². The molecule has 10 heteroatoms. The number of carbonyl (C=O) groups is 2. The minimum Gasteiger partial charge on any atom is -0.462 e. The molecule has 6 nitrogen and oxygen atoms in total. The summed E-state index contributed by atoms with van der Waals surface area (Å²) in [7, 11) is 0. The topological polar surface area (TPSA) is 79.6 Å². The van der Waals surface area contributed by atoms with Crippen molar-refractivity contribution in [1.29, 1.82) is 0 Å². The van der Waals surface area contributed by atoms with E-state index in [1.807, 2.05) is 0 Å². The van der Waals surface area contributed by atoms with Gasteiger partial charge in [-0.25, -0.2) is 0 Å². The molecular formula is C20H9BrCl2N2O4S. The fraction of sp³-hybridized carbons (Fsp3) is 0. The third-order valence-corrected chi connectivity index (χ3v) is 5.65. The summed E-state index contributed by atoms with van der Waals surface area (Å²) in [5.74, 6) is -1.40. The molecule has 3 aromatic rings. The lowest BCUT2D eigenvalue weighted by Gasteiger charge is -2.28. The minimum absolute atomic E-state index is 0.0130. The Morgan fingerprint density at radius 2 is 1.77 bits per heavy atom. The lowest BCUT2D eigenvalue weighted by molar-refractivity contribution is -0.122. The standard InChI is InChI=1S/C20H9BrCl2N2O4S/c21-15-7-11(23)6-13-16(26)9(8-29-17(13)15)5-14-18(27)24-20(30)25(19(14)28)12-3-1-10(22)2-4-12/h1-8H,(H,24,27,30). The molecule has 1 saturated heterocycles. The van der Waals surface area contributed by atoms with Crippen LogP contribution in [-0.2, 0) is 9.59 Å². The number of fused-ring (bicyclic) bond motifs is 1. The fourth-order valence-electron chi connectivity index (χ4n) is 2.92. The van der Waals surface area contributed by atoms with Gasteiger partial charge < -0.3 is 4.42 Å². The first-order valence-corrected chi connectivity index (χ1v) is 10.3. The van der Waals surface area contributed by atoms with Gasteiger partial charge in [-0.2, -0.15) is 0 Å². The Kier molecular flexibility index (Phi) is 5.50. The van der Waals surface area contributed by atoms with Gasteiger partial charge in [-0.1, -0.05) is 23.2 Å². The van der Waals surface area contributed by atoms with Crippen molar-refractivity contribution >= 4 is 91.0 Å². The molecule has 2 amide bonds. The van der Waals surface area contributed by atoms with Crippen LogP contribution in [0, 0.1) is 0 Å². The van der Waals surface area contributed by atoms with Crippen molar-refractivity contribution < 1.29 is 14.0 Å². The van der Waals surface area contributed by atoms with Crippen LogP contribution in [0.2, 0.25) is 10.0 Å². The molecule has 1 aromatic heterocycles. The number of nitrogens with one attached hydrogen (secondary N) is 1. The highest BCUT2D eigenvalue weighted by molar-refractivity contribution is 9.10. The molecule has 0 aliphatic carbocycles. The van der Waals surface area contributed by atoms with E-state index >= 15 is 0 Å². The second kappa shape index (κ2) is 7.96. The number of benzene rings is 2. The van der Waals surface area contributed by atoms with E-state index in [0.29, 0.717) is 25.8 Å². The number of amides is 2. The van der Waals surface area contributed by atoms with Crippen LogP contribution < -0.4 is 15.6 Å². The van der Waals surface area contributed by atoms with Gasteiger partial charge in [0.2, 0.25) is 0 Å². The van der Waals surface area contributed by atoms with Crippen LogP contribution in [0.5, 0.6) is 0 Å².